The van der Waals surface area contributed by atoms with Crippen molar-refractivity contribution in [3.63, 3.8) is 0 Å². The van der Waals surface area contributed by atoms with Gasteiger partial charge in [0.1, 0.15) is 5.01 Å². The molecule has 0 aliphatic carbocycles. The first-order valence-corrected chi connectivity index (χ1v) is 10.5. The van der Waals surface area contributed by atoms with Crippen molar-refractivity contribution < 1.29 is 4.79 Å². The van der Waals surface area contributed by atoms with Gasteiger partial charge in [0.05, 0.1) is 5.69 Å². The van der Waals surface area contributed by atoms with Gasteiger partial charge in [0.25, 0.3) is 5.91 Å². The number of aromatic nitrogens is 3. The summed E-state index contributed by atoms with van der Waals surface area (Å²) in [6.07, 6.45) is 4.34. The second kappa shape index (κ2) is 8.93. The molecule has 0 radical (unpaired) electrons. The highest BCUT2D eigenvalue weighted by molar-refractivity contribution is 7.13. The SMILES string of the molecule is O=C(NCCc1csc(-c2ccccc2)n1)c1ccc(N2CCCCC2)nn1. The second-order valence-electron chi connectivity index (χ2n) is 6.84. The maximum Gasteiger partial charge on any atom is 0.271 e. The molecule has 1 aliphatic rings. The quantitative estimate of drug-likeness (QED) is 0.693. The highest BCUT2D eigenvalue weighted by Gasteiger charge is 2.14. The van der Waals surface area contributed by atoms with Crippen LogP contribution in [0.3, 0.4) is 0 Å². The van der Waals surface area contributed by atoms with Crippen molar-refractivity contribution in [1.82, 2.24) is 20.5 Å². The normalized spacial score (nSPS) is 14.1. The molecule has 3 aromatic rings. The zero-order valence-corrected chi connectivity index (χ0v) is 16.5. The first-order chi connectivity index (χ1) is 13.8. The van der Waals surface area contributed by atoms with E-state index in [-0.39, 0.29) is 5.91 Å². The molecule has 7 heteroatoms. The molecule has 0 bridgehead atoms. The fraction of sp³-hybridized carbons (Fsp3) is 0.333. The number of hydrogen-bond acceptors (Lipinski definition) is 6. The number of carbonyl (C=O) groups excluding carboxylic acids is 1. The van der Waals surface area contributed by atoms with Gasteiger partial charge in [-0.2, -0.15) is 0 Å². The molecule has 28 heavy (non-hydrogen) atoms. The minimum atomic E-state index is -0.198. The summed E-state index contributed by atoms with van der Waals surface area (Å²) in [5, 5.41) is 14.3. The molecule has 1 aromatic carbocycles. The fourth-order valence-corrected chi connectivity index (χ4v) is 4.13. The van der Waals surface area contributed by atoms with E-state index in [1.807, 2.05) is 29.6 Å². The lowest BCUT2D eigenvalue weighted by Crippen LogP contribution is -2.31. The zero-order valence-electron chi connectivity index (χ0n) is 15.7. The minimum Gasteiger partial charge on any atom is -0.355 e. The van der Waals surface area contributed by atoms with Crippen molar-refractivity contribution in [1.29, 1.82) is 0 Å². The summed E-state index contributed by atoms with van der Waals surface area (Å²) in [7, 11) is 0. The predicted octanol–water partition coefficient (Wildman–Crippen LogP) is 3.56. The summed E-state index contributed by atoms with van der Waals surface area (Å²) in [5.41, 5.74) is 2.45. The van der Waals surface area contributed by atoms with Crippen LogP contribution in [0.25, 0.3) is 10.6 Å². The van der Waals surface area contributed by atoms with Gasteiger partial charge in [-0.3, -0.25) is 4.79 Å². The highest BCUT2D eigenvalue weighted by Crippen LogP contribution is 2.23. The molecule has 1 amide bonds. The van der Waals surface area contributed by atoms with E-state index in [9.17, 15) is 4.79 Å². The van der Waals surface area contributed by atoms with Gasteiger partial charge < -0.3 is 10.2 Å². The molecule has 4 rings (SSSR count). The number of carbonyl (C=O) groups is 1. The largest absolute Gasteiger partial charge is 0.355 e. The molecule has 0 saturated carbocycles. The third-order valence-corrected chi connectivity index (χ3v) is 5.74. The Kier molecular flexibility index (Phi) is 5.92. The van der Waals surface area contributed by atoms with Crippen molar-refractivity contribution in [2.24, 2.45) is 0 Å². The third kappa shape index (κ3) is 4.54. The Hall–Kier alpha value is -2.80. The van der Waals surface area contributed by atoms with Crippen LogP contribution in [0.4, 0.5) is 5.82 Å². The fourth-order valence-electron chi connectivity index (χ4n) is 3.27. The maximum atomic E-state index is 12.3. The zero-order chi connectivity index (χ0) is 19.2. The van der Waals surface area contributed by atoms with E-state index in [1.54, 1.807) is 17.4 Å². The number of nitrogens with one attached hydrogen (secondary N) is 1. The van der Waals surface area contributed by atoms with E-state index in [0.717, 1.165) is 35.2 Å². The van der Waals surface area contributed by atoms with Crippen LogP contribution in [-0.2, 0) is 6.42 Å². The number of hydrogen-bond donors (Lipinski definition) is 1. The number of thiazole rings is 1. The van der Waals surface area contributed by atoms with Crippen LogP contribution >= 0.6 is 11.3 Å². The van der Waals surface area contributed by atoms with E-state index in [2.05, 4.69) is 37.5 Å². The van der Waals surface area contributed by atoms with E-state index in [0.29, 0.717) is 18.7 Å². The summed E-state index contributed by atoms with van der Waals surface area (Å²) in [6.45, 7) is 2.55. The molecule has 3 heterocycles. The molecule has 2 aromatic heterocycles. The number of nitrogens with zero attached hydrogens (tertiary/aromatic N) is 4. The van der Waals surface area contributed by atoms with Gasteiger partial charge in [0, 0.05) is 37.0 Å². The molecule has 6 nitrogen and oxygen atoms in total. The van der Waals surface area contributed by atoms with Crippen LogP contribution in [0.15, 0.2) is 47.8 Å². The monoisotopic (exact) mass is 393 g/mol. The van der Waals surface area contributed by atoms with Crippen molar-refractivity contribution in [3.05, 3.63) is 59.2 Å². The third-order valence-electron chi connectivity index (χ3n) is 4.80. The number of benzene rings is 1. The second-order valence-corrected chi connectivity index (χ2v) is 7.70. The molecular formula is C21H23N5OS. The first-order valence-electron chi connectivity index (χ1n) is 9.66. The Morgan fingerprint density at radius 3 is 2.61 bits per heavy atom. The van der Waals surface area contributed by atoms with Crippen molar-refractivity contribution >= 4 is 23.1 Å². The molecule has 0 atom stereocenters. The van der Waals surface area contributed by atoms with Gasteiger partial charge in [-0.05, 0) is 31.4 Å². The number of anilines is 1. The molecule has 1 saturated heterocycles. The smallest absolute Gasteiger partial charge is 0.271 e. The average Bonchev–Trinajstić information content (AvgIpc) is 3.24. The maximum absolute atomic E-state index is 12.3. The van der Waals surface area contributed by atoms with Crippen molar-refractivity contribution in [3.8, 4) is 10.6 Å². The highest BCUT2D eigenvalue weighted by atomic mass is 32.1. The van der Waals surface area contributed by atoms with Gasteiger partial charge in [-0.1, -0.05) is 30.3 Å². The lowest BCUT2D eigenvalue weighted by atomic mass is 10.1. The van der Waals surface area contributed by atoms with Crippen LogP contribution in [0.2, 0.25) is 0 Å². The molecule has 0 unspecified atom stereocenters. The first kappa shape index (κ1) is 18.6. The summed E-state index contributed by atoms with van der Waals surface area (Å²) < 4.78 is 0. The Bertz CT molecular complexity index is 904. The van der Waals surface area contributed by atoms with Gasteiger partial charge in [-0.25, -0.2) is 4.98 Å². The van der Waals surface area contributed by atoms with Crippen molar-refractivity contribution in [2.45, 2.75) is 25.7 Å². The van der Waals surface area contributed by atoms with Gasteiger partial charge in [0.15, 0.2) is 11.5 Å². The summed E-state index contributed by atoms with van der Waals surface area (Å²) in [5.74, 6) is 0.656. The van der Waals surface area contributed by atoms with Gasteiger partial charge in [-0.15, -0.1) is 21.5 Å². The number of rotatable bonds is 6. The van der Waals surface area contributed by atoms with E-state index < -0.39 is 0 Å². The summed E-state index contributed by atoms with van der Waals surface area (Å²) >= 11 is 1.62. The Labute approximate surface area is 168 Å². The minimum absolute atomic E-state index is 0.198. The van der Waals surface area contributed by atoms with E-state index in [4.69, 9.17) is 0 Å². The Morgan fingerprint density at radius 1 is 1.04 bits per heavy atom. The lowest BCUT2D eigenvalue weighted by Gasteiger charge is -2.27. The average molecular weight is 394 g/mol. The van der Waals surface area contributed by atoms with Crippen LogP contribution in [0, 0.1) is 0 Å². The number of amides is 1. The lowest BCUT2D eigenvalue weighted by molar-refractivity contribution is 0.0948. The Morgan fingerprint density at radius 2 is 1.86 bits per heavy atom. The van der Waals surface area contributed by atoms with Crippen molar-refractivity contribution in [2.75, 3.05) is 24.5 Å². The molecule has 144 valence electrons. The van der Waals surface area contributed by atoms with Gasteiger partial charge in [0.2, 0.25) is 0 Å². The van der Waals surface area contributed by atoms with E-state index >= 15 is 0 Å². The topological polar surface area (TPSA) is 71.0 Å². The van der Waals surface area contributed by atoms with Crippen LogP contribution in [0.5, 0.6) is 0 Å². The summed E-state index contributed by atoms with van der Waals surface area (Å²) in [6, 6.07) is 13.8. The molecular weight excluding hydrogens is 370 g/mol. The summed E-state index contributed by atoms with van der Waals surface area (Å²) in [4.78, 5) is 19.2. The molecule has 1 fully saturated rings. The number of piperidine rings is 1. The molecule has 0 spiro atoms. The predicted molar refractivity (Wildman–Crippen MR) is 112 cm³/mol. The molecule has 1 N–H and O–H groups in total. The standard InChI is InChI=1S/C21H23N5OS/c27-20(18-9-10-19(25-24-18)26-13-5-2-6-14-26)22-12-11-17-15-28-21(23-17)16-7-3-1-4-8-16/h1,3-4,7-10,15H,2,5-6,11-14H2,(H,22,27). The van der Waals surface area contributed by atoms with Crippen LogP contribution < -0.4 is 10.2 Å². The Balaban J connectivity index is 1.28. The van der Waals surface area contributed by atoms with E-state index in [1.165, 1.54) is 19.3 Å². The molecule has 1 aliphatic heterocycles. The van der Waals surface area contributed by atoms with Crippen LogP contribution in [-0.4, -0.2) is 40.7 Å². The van der Waals surface area contributed by atoms with Crippen LogP contribution in [0.1, 0.15) is 35.4 Å². The van der Waals surface area contributed by atoms with Gasteiger partial charge >= 0.3 is 0 Å².